The molecule has 0 saturated carbocycles. The number of esters is 1. The minimum absolute atomic E-state index is 0.196. The molecule has 2 fully saturated rings. The SMILES string of the molecule is C=CC[C@H]1C(=O)C(C)(C)[C@@H](O)CC(=O)O[C@H](C(Cl)=Cc2coc(C)n2)C[C@@H]2O[C@]2(C)CCO[C@H](C)[C@H]1O. The summed E-state index contributed by atoms with van der Waals surface area (Å²) in [6.07, 6.45) is 0.900. The third kappa shape index (κ3) is 7.09. The third-order valence-corrected chi connectivity index (χ3v) is 7.78. The number of allylic oxidation sites excluding steroid dienone is 1. The fourth-order valence-electron chi connectivity index (χ4n) is 4.62. The molecule has 3 heterocycles. The molecule has 3 rings (SSSR count). The smallest absolute Gasteiger partial charge is 0.309 e. The Bertz CT molecular complexity index is 1020. The second-order valence-corrected chi connectivity index (χ2v) is 11.1. The van der Waals surface area contributed by atoms with Crippen molar-refractivity contribution < 1.29 is 38.4 Å². The van der Waals surface area contributed by atoms with E-state index in [9.17, 15) is 19.8 Å². The number of hydrogen-bond donors (Lipinski definition) is 2. The molecule has 0 amide bonds. The summed E-state index contributed by atoms with van der Waals surface area (Å²) in [6, 6.07) is 0. The molecule has 0 aromatic carbocycles. The van der Waals surface area contributed by atoms with Gasteiger partial charge in [0.2, 0.25) is 0 Å². The number of hydrogen-bond acceptors (Lipinski definition) is 9. The molecular weight excluding hydrogens is 502 g/mol. The Morgan fingerprint density at radius 1 is 1.30 bits per heavy atom. The van der Waals surface area contributed by atoms with Crippen molar-refractivity contribution in [3.05, 3.63) is 35.5 Å². The second kappa shape index (κ2) is 11.8. The number of carbonyl (C=O) groups is 2. The van der Waals surface area contributed by atoms with Crippen molar-refractivity contribution in [2.24, 2.45) is 11.3 Å². The Labute approximate surface area is 222 Å². The summed E-state index contributed by atoms with van der Waals surface area (Å²) in [7, 11) is 0. The summed E-state index contributed by atoms with van der Waals surface area (Å²) < 4.78 is 22.7. The first kappa shape index (κ1) is 29.5. The largest absolute Gasteiger partial charge is 0.456 e. The van der Waals surface area contributed by atoms with Crippen LogP contribution in [0.15, 0.2) is 28.4 Å². The van der Waals surface area contributed by atoms with E-state index < -0.39 is 59.5 Å². The number of Topliss-reactive ketones (excluding diaryl/α,β-unsaturated/α-hetero) is 1. The maximum absolute atomic E-state index is 13.5. The van der Waals surface area contributed by atoms with Gasteiger partial charge in [-0.05, 0) is 26.3 Å². The second-order valence-electron chi connectivity index (χ2n) is 10.7. The molecular formula is C27H38ClNO8. The molecule has 0 bridgehead atoms. The van der Waals surface area contributed by atoms with Gasteiger partial charge in [0.05, 0.1) is 52.8 Å². The van der Waals surface area contributed by atoms with Crippen molar-refractivity contribution in [2.45, 2.75) is 96.4 Å². The molecule has 2 aliphatic rings. The normalized spacial score (nSPS) is 35.9. The minimum Gasteiger partial charge on any atom is -0.456 e. The van der Waals surface area contributed by atoms with E-state index in [0.717, 1.165) is 0 Å². The van der Waals surface area contributed by atoms with Crippen molar-refractivity contribution in [3.8, 4) is 0 Å². The number of nitrogens with zero attached hydrogens (tertiary/aromatic N) is 1. The lowest BCUT2D eigenvalue weighted by Crippen LogP contribution is -2.48. The summed E-state index contributed by atoms with van der Waals surface area (Å²) in [5.41, 5.74) is -1.40. The van der Waals surface area contributed by atoms with Crippen LogP contribution in [0.25, 0.3) is 6.08 Å². The van der Waals surface area contributed by atoms with E-state index in [1.165, 1.54) is 6.26 Å². The van der Waals surface area contributed by atoms with Crippen molar-refractivity contribution in [3.63, 3.8) is 0 Å². The van der Waals surface area contributed by atoms with Gasteiger partial charge in [-0.25, -0.2) is 4.98 Å². The fraction of sp³-hybridized carbons (Fsp3) is 0.667. The number of aliphatic hydroxyl groups excluding tert-OH is 2. The molecule has 7 atom stereocenters. The van der Waals surface area contributed by atoms with Gasteiger partial charge in [-0.3, -0.25) is 9.59 Å². The van der Waals surface area contributed by atoms with E-state index in [0.29, 0.717) is 24.6 Å². The van der Waals surface area contributed by atoms with Crippen molar-refractivity contribution in [2.75, 3.05) is 6.61 Å². The van der Waals surface area contributed by atoms with Crippen LogP contribution in [0.3, 0.4) is 0 Å². The van der Waals surface area contributed by atoms with Crippen LogP contribution in [0.5, 0.6) is 0 Å². The number of fused-ring (bicyclic) bond motifs is 1. The molecule has 206 valence electrons. The number of carbonyl (C=O) groups excluding carboxylic acids is 2. The van der Waals surface area contributed by atoms with Gasteiger partial charge >= 0.3 is 5.97 Å². The van der Waals surface area contributed by atoms with E-state index in [-0.39, 0.29) is 24.0 Å². The number of ketones is 1. The Morgan fingerprint density at radius 2 is 2.00 bits per heavy atom. The van der Waals surface area contributed by atoms with Gasteiger partial charge in [0.1, 0.15) is 23.8 Å². The number of cyclic esters (lactones) is 1. The van der Waals surface area contributed by atoms with Crippen LogP contribution in [-0.2, 0) is 23.8 Å². The number of ether oxygens (including phenoxy) is 3. The quantitative estimate of drug-likeness (QED) is 0.333. The lowest BCUT2D eigenvalue weighted by atomic mass is 9.72. The average molecular weight is 540 g/mol. The Balaban J connectivity index is 1.88. The van der Waals surface area contributed by atoms with Crippen LogP contribution in [0.4, 0.5) is 0 Å². The predicted molar refractivity (Wildman–Crippen MR) is 137 cm³/mol. The first-order valence-corrected chi connectivity index (χ1v) is 13.0. The van der Waals surface area contributed by atoms with Crippen LogP contribution < -0.4 is 0 Å². The number of aromatic nitrogens is 1. The zero-order chi connectivity index (χ0) is 27.5. The first-order valence-electron chi connectivity index (χ1n) is 12.6. The summed E-state index contributed by atoms with van der Waals surface area (Å²) in [4.78, 5) is 30.6. The number of oxazole rings is 1. The average Bonchev–Trinajstić information content (AvgIpc) is 3.27. The molecule has 0 radical (unpaired) electrons. The van der Waals surface area contributed by atoms with E-state index in [2.05, 4.69) is 11.6 Å². The maximum atomic E-state index is 13.5. The molecule has 9 nitrogen and oxygen atoms in total. The monoisotopic (exact) mass is 539 g/mol. The Morgan fingerprint density at radius 3 is 2.62 bits per heavy atom. The van der Waals surface area contributed by atoms with Crippen molar-refractivity contribution >= 4 is 29.4 Å². The minimum atomic E-state index is -1.36. The highest BCUT2D eigenvalue weighted by Gasteiger charge is 2.53. The van der Waals surface area contributed by atoms with E-state index in [4.69, 9.17) is 30.2 Å². The van der Waals surface area contributed by atoms with Gasteiger partial charge in [0.25, 0.3) is 0 Å². The van der Waals surface area contributed by atoms with Gasteiger partial charge in [0, 0.05) is 26.4 Å². The van der Waals surface area contributed by atoms with E-state index >= 15 is 0 Å². The number of rotatable bonds is 4. The summed E-state index contributed by atoms with van der Waals surface area (Å²) in [5, 5.41) is 22.1. The molecule has 2 saturated heterocycles. The number of halogens is 1. The van der Waals surface area contributed by atoms with Crippen LogP contribution in [0.2, 0.25) is 0 Å². The van der Waals surface area contributed by atoms with Gasteiger partial charge in [-0.15, -0.1) is 6.58 Å². The predicted octanol–water partition coefficient (Wildman–Crippen LogP) is 3.73. The topological polar surface area (TPSA) is 132 Å². The van der Waals surface area contributed by atoms with Gasteiger partial charge in [-0.2, -0.15) is 0 Å². The zero-order valence-electron chi connectivity index (χ0n) is 22.1. The molecule has 37 heavy (non-hydrogen) atoms. The molecule has 2 N–H and O–H groups in total. The van der Waals surface area contributed by atoms with Crippen LogP contribution in [0.1, 0.15) is 65.0 Å². The molecule has 10 heteroatoms. The summed E-state index contributed by atoms with van der Waals surface area (Å²) >= 11 is 6.57. The number of aryl methyl sites for hydroxylation is 1. The Kier molecular flexibility index (Phi) is 9.40. The van der Waals surface area contributed by atoms with E-state index in [1.807, 2.05) is 6.92 Å². The number of epoxide rings is 1. The molecule has 0 spiro atoms. The molecule has 2 aliphatic heterocycles. The molecule has 0 unspecified atom stereocenters. The third-order valence-electron chi connectivity index (χ3n) is 7.43. The van der Waals surface area contributed by atoms with Gasteiger partial charge in [0.15, 0.2) is 5.89 Å². The zero-order valence-corrected chi connectivity index (χ0v) is 22.9. The van der Waals surface area contributed by atoms with Crippen molar-refractivity contribution in [1.82, 2.24) is 4.98 Å². The molecule has 0 aliphatic carbocycles. The standard InChI is InChI=1S/C27H38ClNO8/c1-7-8-18-24(32)15(2)34-10-9-27(6)22(37-27)12-20(19(28)11-17-14-35-16(3)29-17)36-23(31)13-21(30)26(4,5)25(18)33/h7,11,14-15,18,20-22,24,30,32H,1,8-10,12-13H2,2-6H3/t15-,18-,20+,21+,22+,24-,27-/m1/s1. The lowest BCUT2D eigenvalue weighted by Gasteiger charge is -2.35. The maximum Gasteiger partial charge on any atom is 0.309 e. The first-order chi connectivity index (χ1) is 17.3. The fourth-order valence-corrected chi connectivity index (χ4v) is 4.86. The Hall–Kier alpha value is -2.04. The number of aliphatic hydroxyl groups is 2. The van der Waals surface area contributed by atoms with Crippen LogP contribution >= 0.6 is 11.6 Å². The highest BCUT2D eigenvalue weighted by Crippen LogP contribution is 2.44. The van der Waals surface area contributed by atoms with Crippen LogP contribution in [0, 0.1) is 18.3 Å². The van der Waals surface area contributed by atoms with Crippen LogP contribution in [-0.4, -0.2) is 69.7 Å². The summed E-state index contributed by atoms with van der Waals surface area (Å²) in [6.45, 7) is 12.4. The highest BCUT2D eigenvalue weighted by atomic mass is 35.5. The van der Waals surface area contributed by atoms with Gasteiger partial charge < -0.3 is 28.8 Å². The van der Waals surface area contributed by atoms with Gasteiger partial charge in [-0.1, -0.05) is 31.5 Å². The highest BCUT2D eigenvalue weighted by molar-refractivity contribution is 6.32. The lowest BCUT2D eigenvalue weighted by molar-refractivity contribution is -0.155. The summed E-state index contributed by atoms with van der Waals surface area (Å²) in [5.74, 6) is -1.50. The van der Waals surface area contributed by atoms with E-state index in [1.54, 1.807) is 39.8 Å². The molecule has 1 aromatic heterocycles. The van der Waals surface area contributed by atoms with Crippen molar-refractivity contribution in [1.29, 1.82) is 0 Å². The molecule has 1 aromatic rings.